The predicted octanol–water partition coefficient (Wildman–Crippen LogP) is 1.84. The molecule has 0 aliphatic carbocycles. The molecule has 2 rings (SSSR count). The maximum atomic E-state index is 12.1. The fourth-order valence-corrected chi connectivity index (χ4v) is 4.88. The van der Waals surface area contributed by atoms with Crippen molar-refractivity contribution >= 4 is 34.5 Å². The molecule has 2 saturated heterocycles. The summed E-state index contributed by atoms with van der Waals surface area (Å²) in [4.78, 5) is 0. The van der Waals surface area contributed by atoms with Crippen molar-refractivity contribution in [1.82, 2.24) is 5.32 Å². The van der Waals surface area contributed by atoms with Gasteiger partial charge in [0, 0.05) is 33.8 Å². The van der Waals surface area contributed by atoms with Gasteiger partial charge in [-0.2, -0.15) is 0 Å². The van der Waals surface area contributed by atoms with Crippen LogP contribution in [0, 0.1) is 0 Å². The molecule has 2 fully saturated rings. The van der Waals surface area contributed by atoms with Gasteiger partial charge in [0.15, 0.2) is 0 Å². The van der Waals surface area contributed by atoms with Gasteiger partial charge in [0.25, 0.3) is 0 Å². The molecule has 3 nitrogen and oxygen atoms in total. The molecular weight excluding hydrogens is 255 g/mol. The summed E-state index contributed by atoms with van der Waals surface area (Å²) in [6.45, 7) is 1.10. The van der Waals surface area contributed by atoms with E-state index in [-0.39, 0.29) is 30.4 Å². The van der Waals surface area contributed by atoms with Crippen molar-refractivity contribution < 1.29 is 4.21 Å². The van der Waals surface area contributed by atoms with Crippen molar-refractivity contribution in [3.05, 3.63) is 0 Å². The van der Waals surface area contributed by atoms with Crippen molar-refractivity contribution in [1.29, 1.82) is 0 Å². The summed E-state index contributed by atoms with van der Waals surface area (Å²) in [5.74, 6) is 1.60. The minimum atomic E-state index is -1.86. The average molecular weight is 275 g/mol. The monoisotopic (exact) mass is 274 g/mol. The third-order valence-electron chi connectivity index (χ3n) is 3.29. The molecule has 0 saturated carbocycles. The van der Waals surface area contributed by atoms with Crippen molar-refractivity contribution in [2.45, 2.75) is 31.2 Å². The fourth-order valence-electron chi connectivity index (χ4n) is 2.57. The summed E-state index contributed by atoms with van der Waals surface area (Å²) < 4.78 is 16.2. The van der Waals surface area contributed by atoms with Crippen LogP contribution in [0.25, 0.3) is 0 Å². The number of hydrogen-bond acceptors (Lipinski definition) is 3. The van der Waals surface area contributed by atoms with Crippen LogP contribution >= 0.6 is 24.8 Å². The normalized spacial score (nSPS) is 39.3. The standard InChI is InChI=1S/C9H18N2OS.2ClH/c1-10-13(12)7-3-5-9(8-13)4-2-6-11-9;;/h11H,2-8H2,1H3;2*1H. The topological polar surface area (TPSA) is 41.5 Å². The molecule has 6 heteroatoms. The molecule has 2 aliphatic heterocycles. The van der Waals surface area contributed by atoms with Crippen molar-refractivity contribution in [2.24, 2.45) is 4.36 Å². The first-order chi connectivity index (χ1) is 6.18. The van der Waals surface area contributed by atoms with Crippen LogP contribution in [0.4, 0.5) is 0 Å². The van der Waals surface area contributed by atoms with E-state index in [1.54, 1.807) is 7.05 Å². The van der Waals surface area contributed by atoms with E-state index in [4.69, 9.17) is 0 Å². The van der Waals surface area contributed by atoms with Gasteiger partial charge in [-0.05, 0) is 32.2 Å². The Bertz CT molecular complexity index is 307. The number of nitrogens with one attached hydrogen (secondary N) is 1. The molecular formula is C9H20Cl2N2OS. The van der Waals surface area contributed by atoms with Crippen LogP contribution in [-0.4, -0.2) is 34.8 Å². The van der Waals surface area contributed by atoms with Crippen LogP contribution in [-0.2, 0) is 9.73 Å². The summed E-state index contributed by atoms with van der Waals surface area (Å²) in [7, 11) is -0.153. The van der Waals surface area contributed by atoms with E-state index < -0.39 is 9.73 Å². The number of nitrogens with zero attached hydrogens (tertiary/aromatic N) is 1. The molecule has 0 aromatic rings. The maximum Gasteiger partial charge on any atom is 0.0500 e. The highest BCUT2D eigenvalue weighted by Crippen LogP contribution is 2.31. The highest BCUT2D eigenvalue weighted by Gasteiger charge is 2.39. The van der Waals surface area contributed by atoms with Crippen LogP contribution < -0.4 is 5.32 Å². The van der Waals surface area contributed by atoms with Crippen LogP contribution in [0.1, 0.15) is 25.7 Å². The molecule has 0 amide bonds. The van der Waals surface area contributed by atoms with Gasteiger partial charge >= 0.3 is 0 Å². The number of halogens is 2. The molecule has 92 valence electrons. The van der Waals surface area contributed by atoms with Gasteiger partial charge in [-0.15, -0.1) is 24.8 Å². The lowest BCUT2D eigenvalue weighted by Gasteiger charge is -2.35. The number of hydrogen-bond donors (Lipinski definition) is 1. The van der Waals surface area contributed by atoms with Crippen molar-refractivity contribution in [3.8, 4) is 0 Å². The van der Waals surface area contributed by atoms with Gasteiger partial charge < -0.3 is 5.32 Å². The first-order valence-corrected chi connectivity index (χ1v) is 6.89. The zero-order valence-electron chi connectivity index (χ0n) is 9.03. The third-order valence-corrected chi connectivity index (χ3v) is 5.88. The molecule has 15 heavy (non-hydrogen) atoms. The van der Waals surface area contributed by atoms with E-state index in [1.165, 1.54) is 19.3 Å². The molecule has 0 aromatic heterocycles. The second kappa shape index (κ2) is 5.71. The molecule has 0 radical (unpaired) electrons. The summed E-state index contributed by atoms with van der Waals surface area (Å²) >= 11 is 0. The van der Waals surface area contributed by atoms with Crippen molar-refractivity contribution in [2.75, 3.05) is 25.1 Å². The minimum absolute atomic E-state index is 0. The second-order valence-electron chi connectivity index (χ2n) is 4.22. The highest BCUT2D eigenvalue weighted by atomic mass is 35.5. The summed E-state index contributed by atoms with van der Waals surface area (Å²) in [6, 6.07) is 0. The van der Waals surface area contributed by atoms with Crippen LogP contribution in [0.5, 0.6) is 0 Å². The van der Waals surface area contributed by atoms with Gasteiger partial charge in [-0.25, -0.2) is 8.57 Å². The van der Waals surface area contributed by atoms with Gasteiger partial charge in [0.1, 0.15) is 0 Å². The van der Waals surface area contributed by atoms with E-state index >= 15 is 0 Å². The molecule has 1 N–H and O–H groups in total. The van der Waals surface area contributed by atoms with E-state index in [9.17, 15) is 4.21 Å². The Morgan fingerprint density at radius 1 is 1.27 bits per heavy atom. The van der Waals surface area contributed by atoms with E-state index in [0.29, 0.717) is 0 Å². The van der Waals surface area contributed by atoms with E-state index in [2.05, 4.69) is 9.68 Å². The highest BCUT2D eigenvalue weighted by molar-refractivity contribution is 7.93. The van der Waals surface area contributed by atoms with Gasteiger partial charge in [-0.1, -0.05) is 0 Å². The predicted molar refractivity (Wildman–Crippen MR) is 69.9 cm³/mol. The second-order valence-corrected chi connectivity index (χ2v) is 6.83. The lowest BCUT2D eigenvalue weighted by molar-refractivity contribution is 0.373. The molecule has 2 heterocycles. The van der Waals surface area contributed by atoms with Crippen molar-refractivity contribution in [3.63, 3.8) is 0 Å². The molecule has 2 aliphatic rings. The SMILES string of the molecule is CN=S1(=O)CCCC2(CCCN2)C1.Cl.Cl. The van der Waals surface area contributed by atoms with E-state index in [0.717, 1.165) is 24.5 Å². The van der Waals surface area contributed by atoms with Gasteiger partial charge in [0.2, 0.25) is 0 Å². The van der Waals surface area contributed by atoms with Crippen LogP contribution in [0.15, 0.2) is 4.36 Å². The Morgan fingerprint density at radius 3 is 2.47 bits per heavy atom. The number of rotatable bonds is 0. The summed E-state index contributed by atoms with van der Waals surface area (Å²) in [6.07, 6.45) is 4.70. The third kappa shape index (κ3) is 3.22. The molecule has 0 aromatic carbocycles. The Kier molecular flexibility index (Phi) is 5.90. The Hall–Kier alpha value is 0.490. The first kappa shape index (κ1) is 15.5. The molecule has 0 bridgehead atoms. The average Bonchev–Trinajstić information content (AvgIpc) is 2.53. The Morgan fingerprint density at radius 2 is 1.93 bits per heavy atom. The summed E-state index contributed by atoms with van der Waals surface area (Å²) in [5, 5.41) is 3.52. The Labute approximate surface area is 105 Å². The molecule has 1 spiro atoms. The quantitative estimate of drug-likeness (QED) is 0.733. The fraction of sp³-hybridized carbons (Fsp3) is 1.00. The molecule has 2 atom stereocenters. The van der Waals surface area contributed by atoms with Gasteiger partial charge in [0.05, 0.1) is 0 Å². The zero-order chi connectivity index (χ0) is 9.36. The zero-order valence-corrected chi connectivity index (χ0v) is 11.5. The lowest BCUT2D eigenvalue weighted by atomic mass is 9.94. The molecule has 2 unspecified atom stereocenters. The van der Waals surface area contributed by atoms with Gasteiger partial charge in [-0.3, -0.25) is 0 Å². The van der Waals surface area contributed by atoms with Crippen LogP contribution in [0.3, 0.4) is 0 Å². The maximum absolute atomic E-state index is 12.1. The minimum Gasteiger partial charge on any atom is -0.310 e. The lowest BCUT2D eigenvalue weighted by Crippen LogP contribution is -2.49. The van der Waals surface area contributed by atoms with Crippen LogP contribution in [0.2, 0.25) is 0 Å². The first-order valence-electron chi connectivity index (χ1n) is 5.04. The largest absolute Gasteiger partial charge is 0.310 e. The Balaban J connectivity index is 0.000000980. The smallest absolute Gasteiger partial charge is 0.0500 e. The van der Waals surface area contributed by atoms with E-state index in [1.807, 2.05) is 0 Å². The summed E-state index contributed by atoms with van der Waals surface area (Å²) in [5.41, 5.74) is 0.189.